The summed E-state index contributed by atoms with van der Waals surface area (Å²) in [7, 11) is -8.04. The Morgan fingerprint density at radius 1 is 0.750 bits per heavy atom. The fourth-order valence-corrected chi connectivity index (χ4v) is 5.59. The van der Waals surface area contributed by atoms with Crippen molar-refractivity contribution in [3.8, 4) is 0 Å². The molecule has 0 spiro atoms. The lowest BCUT2D eigenvalue weighted by Gasteiger charge is -2.22. The van der Waals surface area contributed by atoms with Crippen LogP contribution >= 0.6 is 0 Å². The van der Waals surface area contributed by atoms with Gasteiger partial charge in [0, 0.05) is 18.6 Å². The van der Waals surface area contributed by atoms with Gasteiger partial charge in [-0.3, -0.25) is 9.11 Å². The van der Waals surface area contributed by atoms with Crippen LogP contribution < -0.4 is 11.1 Å². The van der Waals surface area contributed by atoms with Gasteiger partial charge in [-0.1, -0.05) is 90.0 Å². The van der Waals surface area contributed by atoms with E-state index in [1.165, 1.54) is 41.0 Å². The third kappa shape index (κ3) is 11.3. The first kappa shape index (κ1) is 35.1. The molecule has 0 aromatic heterocycles. The Bertz CT molecular complexity index is 1610. The fraction of sp³-hybridized carbons (Fsp3) is 0.273. The molecule has 0 radical (unpaired) electrons. The van der Waals surface area contributed by atoms with Gasteiger partial charge in [-0.2, -0.15) is 16.8 Å². The Hall–Kier alpha value is -3.42. The van der Waals surface area contributed by atoms with Crippen molar-refractivity contribution in [1.29, 1.82) is 0 Å². The zero-order valence-corrected chi connectivity index (χ0v) is 26.4. The summed E-state index contributed by atoms with van der Waals surface area (Å²) in [4.78, 5) is -0.133. The smallest absolute Gasteiger partial charge is 0.294 e. The van der Waals surface area contributed by atoms with Gasteiger partial charge in [-0.25, -0.2) is 0 Å². The molecular formula is C33H40N2O7S2. The van der Waals surface area contributed by atoms with Crippen molar-refractivity contribution in [2.75, 3.05) is 6.54 Å². The molecule has 0 bridgehead atoms. The van der Waals surface area contributed by atoms with E-state index in [9.17, 15) is 21.9 Å². The molecule has 6 N–H and O–H groups in total. The van der Waals surface area contributed by atoms with Crippen LogP contribution in [-0.4, -0.2) is 49.7 Å². The van der Waals surface area contributed by atoms with Crippen molar-refractivity contribution < 1.29 is 31.0 Å². The standard InChI is InChI=1S/C19H24N2O.2C7H8O3S/c20-17(12-14-6-2-1-3-7-14)19(22)13-21-18-11-10-15-8-4-5-9-16(15)18;2*1-6-2-4-7(5-3-6)11(8,9)10/h1-9,17-19,21-22H,10-13,20H2;2*2-5H,1H3,(H,8,9,10)/t17-,18-,19+;;/m0../s1. The predicted octanol–water partition coefficient (Wildman–Crippen LogP) is 4.68. The molecular weight excluding hydrogens is 601 g/mol. The summed E-state index contributed by atoms with van der Waals surface area (Å²) in [5, 5.41) is 13.8. The van der Waals surface area contributed by atoms with Crippen LogP contribution in [-0.2, 0) is 33.1 Å². The molecule has 236 valence electrons. The fourth-order valence-electron chi connectivity index (χ4n) is 4.63. The third-order valence-electron chi connectivity index (χ3n) is 7.15. The van der Waals surface area contributed by atoms with Crippen LogP contribution in [0.1, 0.15) is 40.3 Å². The van der Waals surface area contributed by atoms with Crippen LogP contribution in [0.15, 0.2) is 113 Å². The van der Waals surface area contributed by atoms with Crippen LogP contribution in [0.2, 0.25) is 0 Å². The molecule has 44 heavy (non-hydrogen) atoms. The number of nitrogens with two attached hydrogens (primary N) is 1. The number of benzene rings is 4. The van der Waals surface area contributed by atoms with E-state index in [1.807, 2.05) is 44.2 Å². The summed E-state index contributed by atoms with van der Waals surface area (Å²) < 4.78 is 59.1. The Kier molecular flexibility index (Phi) is 12.8. The Balaban J connectivity index is 0.000000202. The van der Waals surface area contributed by atoms with Crippen LogP contribution in [0.3, 0.4) is 0 Å². The van der Waals surface area contributed by atoms with E-state index < -0.39 is 26.3 Å². The van der Waals surface area contributed by atoms with E-state index >= 15 is 0 Å². The topological polar surface area (TPSA) is 167 Å². The highest BCUT2D eigenvalue weighted by molar-refractivity contribution is 7.86. The van der Waals surface area contributed by atoms with Gasteiger partial charge in [-0.05, 0) is 74.1 Å². The van der Waals surface area contributed by atoms with Crippen molar-refractivity contribution >= 4 is 20.2 Å². The monoisotopic (exact) mass is 640 g/mol. The lowest BCUT2D eigenvalue weighted by Crippen LogP contribution is -2.43. The normalized spacial score (nSPS) is 15.5. The zero-order chi connectivity index (χ0) is 32.3. The van der Waals surface area contributed by atoms with E-state index in [-0.39, 0.29) is 15.8 Å². The maximum Gasteiger partial charge on any atom is 0.294 e. The maximum absolute atomic E-state index is 10.5. The van der Waals surface area contributed by atoms with Crippen molar-refractivity contribution in [3.63, 3.8) is 0 Å². The molecule has 0 saturated carbocycles. The van der Waals surface area contributed by atoms with E-state index in [0.717, 1.165) is 24.0 Å². The van der Waals surface area contributed by atoms with Gasteiger partial charge in [0.15, 0.2) is 0 Å². The molecule has 3 atom stereocenters. The molecule has 0 aliphatic heterocycles. The Labute approximate surface area is 260 Å². The number of aliphatic hydroxyl groups is 1. The van der Waals surface area contributed by atoms with Crippen molar-refractivity contribution in [2.45, 2.75) is 61.1 Å². The zero-order valence-electron chi connectivity index (χ0n) is 24.7. The minimum Gasteiger partial charge on any atom is -0.390 e. The summed E-state index contributed by atoms with van der Waals surface area (Å²) in [5.74, 6) is 0. The van der Waals surface area contributed by atoms with Gasteiger partial charge in [0.25, 0.3) is 20.2 Å². The van der Waals surface area contributed by atoms with Gasteiger partial charge in [0.05, 0.1) is 15.9 Å². The van der Waals surface area contributed by atoms with Crippen molar-refractivity contribution in [1.82, 2.24) is 5.32 Å². The first-order valence-corrected chi connectivity index (χ1v) is 17.0. The molecule has 9 nitrogen and oxygen atoms in total. The maximum atomic E-state index is 10.5. The molecule has 0 saturated heterocycles. The number of nitrogens with one attached hydrogen (secondary N) is 1. The molecule has 11 heteroatoms. The molecule has 5 rings (SSSR count). The average Bonchev–Trinajstić information content (AvgIpc) is 3.40. The van der Waals surface area contributed by atoms with Gasteiger partial charge < -0.3 is 16.2 Å². The van der Waals surface area contributed by atoms with E-state index in [2.05, 4.69) is 29.6 Å². The minimum atomic E-state index is -4.02. The summed E-state index contributed by atoms with van der Waals surface area (Å²) in [6.45, 7) is 4.22. The lowest BCUT2D eigenvalue weighted by molar-refractivity contribution is 0.138. The molecule has 0 fully saturated rings. The van der Waals surface area contributed by atoms with Gasteiger partial charge in [0.2, 0.25) is 0 Å². The van der Waals surface area contributed by atoms with Gasteiger partial charge in [0.1, 0.15) is 0 Å². The van der Waals surface area contributed by atoms with E-state index in [4.69, 9.17) is 14.8 Å². The number of hydrogen-bond donors (Lipinski definition) is 5. The molecule has 0 heterocycles. The van der Waals surface area contributed by atoms with Crippen LogP contribution in [0, 0.1) is 13.8 Å². The highest BCUT2D eigenvalue weighted by Gasteiger charge is 2.23. The molecule has 4 aromatic rings. The predicted molar refractivity (Wildman–Crippen MR) is 172 cm³/mol. The second-order valence-electron chi connectivity index (χ2n) is 10.7. The number of rotatable bonds is 8. The SMILES string of the molecule is Cc1ccc(S(=O)(=O)O)cc1.Cc1ccc(S(=O)(=O)O)cc1.N[C@@H](Cc1ccccc1)[C@H](O)CN[C@H]1CCc2ccccc21. The Morgan fingerprint density at radius 2 is 1.23 bits per heavy atom. The molecule has 1 aliphatic rings. The highest BCUT2D eigenvalue weighted by atomic mass is 32.2. The lowest BCUT2D eigenvalue weighted by atomic mass is 10.0. The summed E-state index contributed by atoms with van der Waals surface area (Å²) in [6.07, 6.45) is 2.37. The second kappa shape index (κ2) is 16.1. The molecule has 4 aromatic carbocycles. The third-order valence-corrected chi connectivity index (χ3v) is 8.89. The number of aliphatic hydroxyl groups excluding tert-OH is 1. The summed E-state index contributed by atoms with van der Waals surface area (Å²) in [6, 6.07) is 30.7. The Morgan fingerprint density at radius 3 is 1.73 bits per heavy atom. The number of aryl methyl sites for hydroxylation is 3. The van der Waals surface area contributed by atoms with Crippen LogP contribution in [0.5, 0.6) is 0 Å². The summed E-state index contributed by atoms with van der Waals surface area (Å²) >= 11 is 0. The van der Waals surface area contributed by atoms with E-state index in [0.29, 0.717) is 19.0 Å². The van der Waals surface area contributed by atoms with Crippen LogP contribution in [0.25, 0.3) is 0 Å². The number of hydrogen-bond acceptors (Lipinski definition) is 7. The minimum absolute atomic E-state index is 0.0666. The van der Waals surface area contributed by atoms with Gasteiger partial charge in [-0.15, -0.1) is 0 Å². The molecule has 0 amide bonds. The summed E-state index contributed by atoms with van der Waals surface area (Å²) in [5.41, 5.74) is 12.0. The molecule has 1 aliphatic carbocycles. The van der Waals surface area contributed by atoms with Crippen molar-refractivity contribution in [2.24, 2.45) is 5.73 Å². The first-order valence-electron chi connectivity index (χ1n) is 14.1. The second-order valence-corrected chi connectivity index (χ2v) is 13.5. The highest BCUT2D eigenvalue weighted by Crippen LogP contribution is 2.30. The average molecular weight is 641 g/mol. The van der Waals surface area contributed by atoms with E-state index in [1.54, 1.807) is 24.3 Å². The van der Waals surface area contributed by atoms with Crippen molar-refractivity contribution in [3.05, 3.63) is 131 Å². The van der Waals surface area contributed by atoms with Crippen LogP contribution in [0.4, 0.5) is 0 Å². The molecule has 0 unspecified atom stereocenters. The number of fused-ring (bicyclic) bond motifs is 1. The quantitative estimate of drug-likeness (QED) is 0.172. The van der Waals surface area contributed by atoms with Gasteiger partial charge >= 0.3 is 0 Å². The first-order chi connectivity index (χ1) is 20.7. The largest absolute Gasteiger partial charge is 0.390 e.